The van der Waals surface area contributed by atoms with Gasteiger partial charge in [0, 0.05) is 13.1 Å². The van der Waals surface area contributed by atoms with Crippen LogP contribution >= 0.6 is 0 Å². The third kappa shape index (κ3) is 2.76. The fourth-order valence-corrected chi connectivity index (χ4v) is 2.41. The van der Waals surface area contributed by atoms with Crippen LogP contribution in [0.4, 0.5) is 5.82 Å². The van der Waals surface area contributed by atoms with Crippen molar-refractivity contribution < 1.29 is 14.3 Å². The van der Waals surface area contributed by atoms with Crippen LogP contribution in [0.5, 0.6) is 0 Å². The molecular formula is C13H20N4O3. The summed E-state index contributed by atoms with van der Waals surface area (Å²) in [6.45, 7) is 3.40. The fraction of sp³-hybridized carbons (Fsp3) is 0.615. The lowest BCUT2D eigenvalue weighted by atomic mass is 10.1. The molecule has 0 spiro atoms. The smallest absolute Gasteiger partial charge is 0.360 e. The summed E-state index contributed by atoms with van der Waals surface area (Å²) in [6.07, 6.45) is 3.25. The fourth-order valence-electron chi connectivity index (χ4n) is 2.41. The molecule has 1 aliphatic rings. The number of imidazole rings is 1. The normalized spacial score (nSPS) is 15.2. The number of aryl methyl sites for hydroxylation is 1. The number of hydrogen-bond acceptors (Lipinski definition) is 5. The predicted molar refractivity (Wildman–Crippen MR) is 73.1 cm³/mol. The Labute approximate surface area is 117 Å². The quantitative estimate of drug-likeness (QED) is 0.818. The molecule has 7 nitrogen and oxygen atoms in total. The lowest BCUT2D eigenvalue weighted by Crippen LogP contribution is -2.38. The second kappa shape index (κ2) is 5.94. The topological polar surface area (TPSA) is 90.4 Å². The number of methoxy groups -OCH3 is 1. The molecule has 1 fully saturated rings. The van der Waals surface area contributed by atoms with Gasteiger partial charge in [-0.05, 0) is 26.2 Å². The second-order valence-corrected chi connectivity index (χ2v) is 4.91. The summed E-state index contributed by atoms with van der Waals surface area (Å²) in [4.78, 5) is 29.6. The number of nitrogens with two attached hydrogens (primary N) is 1. The summed E-state index contributed by atoms with van der Waals surface area (Å²) in [5.41, 5.74) is 5.95. The molecule has 1 amide bonds. The first-order valence-corrected chi connectivity index (χ1v) is 6.73. The first-order chi connectivity index (χ1) is 9.54. The minimum absolute atomic E-state index is 0.00770. The molecule has 2 heterocycles. The van der Waals surface area contributed by atoms with Crippen molar-refractivity contribution in [2.24, 2.45) is 0 Å². The van der Waals surface area contributed by atoms with Crippen LogP contribution in [0, 0.1) is 6.92 Å². The first kappa shape index (κ1) is 14.4. The number of rotatable bonds is 3. The number of anilines is 1. The van der Waals surface area contributed by atoms with Gasteiger partial charge in [0.15, 0.2) is 5.69 Å². The summed E-state index contributed by atoms with van der Waals surface area (Å²) in [5.74, 6) is 0.135. The maximum Gasteiger partial charge on any atom is 0.360 e. The maximum atomic E-state index is 12.2. The van der Waals surface area contributed by atoms with Crippen molar-refractivity contribution in [3.05, 3.63) is 11.5 Å². The van der Waals surface area contributed by atoms with Crippen LogP contribution < -0.4 is 5.73 Å². The Morgan fingerprint density at radius 2 is 1.95 bits per heavy atom. The summed E-state index contributed by atoms with van der Waals surface area (Å²) < 4.78 is 6.18. The van der Waals surface area contributed by atoms with E-state index in [0.717, 1.165) is 25.9 Å². The van der Waals surface area contributed by atoms with Crippen LogP contribution in [0.15, 0.2) is 0 Å². The van der Waals surface area contributed by atoms with E-state index in [-0.39, 0.29) is 24.0 Å². The average molecular weight is 280 g/mol. The number of aromatic nitrogens is 2. The molecule has 0 radical (unpaired) electrons. The maximum absolute atomic E-state index is 12.2. The third-order valence-corrected chi connectivity index (χ3v) is 3.58. The number of ether oxygens (including phenoxy) is 1. The van der Waals surface area contributed by atoms with Crippen molar-refractivity contribution in [3.8, 4) is 0 Å². The van der Waals surface area contributed by atoms with E-state index >= 15 is 0 Å². The Morgan fingerprint density at radius 1 is 1.30 bits per heavy atom. The van der Waals surface area contributed by atoms with E-state index in [2.05, 4.69) is 9.72 Å². The number of piperidine rings is 1. The lowest BCUT2D eigenvalue weighted by molar-refractivity contribution is -0.132. The zero-order chi connectivity index (χ0) is 14.7. The standard InChI is InChI=1S/C13H20N4O3/c1-9-15-11(13(19)20-2)12(14)17(9)8-10(18)16-6-4-3-5-7-16/h3-8,14H2,1-2H3. The van der Waals surface area contributed by atoms with E-state index in [0.29, 0.717) is 5.82 Å². The van der Waals surface area contributed by atoms with Crippen LogP contribution in [0.3, 0.4) is 0 Å². The molecule has 1 aromatic heterocycles. The molecule has 1 saturated heterocycles. The Bertz CT molecular complexity index is 518. The Morgan fingerprint density at radius 3 is 2.55 bits per heavy atom. The van der Waals surface area contributed by atoms with E-state index in [1.807, 2.05) is 4.90 Å². The highest BCUT2D eigenvalue weighted by Crippen LogP contribution is 2.16. The number of esters is 1. The number of amides is 1. The molecule has 7 heteroatoms. The number of nitrogen functional groups attached to an aromatic ring is 1. The lowest BCUT2D eigenvalue weighted by Gasteiger charge is -2.27. The van der Waals surface area contributed by atoms with Crippen LogP contribution in [0.1, 0.15) is 35.6 Å². The van der Waals surface area contributed by atoms with Gasteiger partial charge in [0.25, 0.3) is 0 Å². The number of carbonyl (C=O) groups excluding carboxylic acids is 2. The van der Waals surface area contributed by atoms with Crippen molar-refractivity contribution in [1.82, 2.24) is 14.5 Å². The van der Waals surface area contributed by atoms with E-state index in [9.17, 15) is 9.59 Å². The molecule has 0 saturated carbocycles. The highest BCUT2D eigenvalue weighted by atomic mass is 16.5. The van der Waals surface area contributed by atoms with Crippen LogP contribution in [-0.4, -0.2) is 46.5 Å². The van der Waals surface area contributed by atoms with E-state index in [4.69, 9.17) is 5.73 Å². The summed E-state index contributed by atoms with van der Waals surface area (Å²) >= 11 is 0. The minimum Gasteiger partial charge on any atom is -0.464 e. The Balaban J connectivity index is 2.14. The number of hydrogen-bond donors (Lipinski definition) is 1. The van der Waals surface area contributed by atoms with Crippen molar-refractivity contribution >= 4 is 17.7 Å². The van der Waals surface area contributed by atoms with Crippen molar-refractivity contribution in [3.63, 3.8) is 0 Å². The molecule has 0 unspecified atom stereocenters. The van der Waals surface area contributed by atoms with E-state index in [1.54, 1.807) is 11.5 Å². The van der Waals surface area contributed by atoms with Crippen LogP contribution in [0.2, 0.25) is 0 Å². The number of carbonyl (C=O) groups is 2. The Kier molecular flexibility index (Phi) is 4.26. The Hall–Kier alpha value is -2.05. The molecule has 0 bridgehead atoms. The van der Waals surface area contributed by atoms with Crippen LogP contribution in [0.25, 0.3) is 0 Å². The van der Waals surface area contributed by atoms with Crippen molar-refractivity contribution in [1.29, 1.82) is 0 Å². The molecule has 20 heavy (non-hydrogen) atoms. The van der Waals surface area contributed by atoms with Crippen LogP contribution in [-0.2, 0) is 16.1 Å². The van der Waals surface area contributed by atoms with E-state index in [1.165, 1.54) is 13.5 Å². The average Bonchev–Trinajstić information content (AvgIpc) is 2.75. The monoisotopic (exact) mass is 280 g/mol. The molecule has 0 atom stereocenters. The first-order valence-electron chi connectivity index (χ1n) is 6.73. The number of nitrogens with zero attached hydrogens (tertiary/aromatic N) is 3. The molecule has 110 valence electrons. The van der Waals surface area contributed by atoms with Gasteiger partial charge < -0.3 is 19.9 Å². The molecule has 0 aromatic carbocycles. The van der Waals surface area contributed by atoms with Crippen molar-refractivity contribution in [2.45, 2.75) is 32.7 Å². The molecular weight excluding hydrogens is 260 g/mol. The van der Waals surface area contributed by atoms with Gasteiger partial charge in [-0.2, -0.15) is 0 Å². The second-order valence-electron chi connectivity index (χ2n) is 4.91. The van der Waals surface area contributed by atoms with Crippen molar-refractivity contribution in [2.75, 3.05) is 25.9 Å². The van der Waals surface area contributed by atoms with Gasteiger partial charge in [0.1, 0.15) is 18.2 Å². The van der Waals surface area contributed by atoms with Gasteiger partial charge >= 0.3 is 5.97 Å². The highest BCUT2D eigenvalue weighted by Gasteiger charge is 2.23. The minimum atomic E-state index is -0.588. The zero-order valence-corrected chi connectivity index (χ0v) is 11.9. The molecule has 2 N–H and O–H groups in total. The van der Waals surface area contributed by atoms with E-state index < -0.39 is 5.97 Å². The summed E-state index contributed by atoms with van der Waals surface area (Å²) in [5, 5.41) is 0. The van der Waals surface area contributed by atoms with Gasteiger partial charge in [-0.1, -0.05) is 0 Å². The SMILES string of the molecule is COC(=O)c1nc(C)n(CC(=O)N2CCCCC2)c1N. The highest BCUT2D eigenvalue weighted by molar-refractivity contribution is 5.92. The number of likely N-dealkylation sites (tertiary alicyclic amines) is 1. The largest absolute Gasteiger partial charge is 0.464 e. The summed E-state index contributed by atoms with van der Waals surface area (Å²) in [7, 11) is 1.27. The van der Waals surface area contributed by atoms with Gasteiger partial charge in [0.05, 0.1) is 7.11 Å². The predicted octanol–water partition coefficient (Wildman–Crippen LogP) is 0.573. The van der Waals surface area contributed by atoms with Gasteiger partial charge in [-0.15, -0.1) is 0 Å². The zero-order valence-electron chi connectivity index (χ0n) is 11.9. The third-order valence-electron chi connectivity index (χ3n) is 3.58. The molecule has 1 aliphatic heterocycles. The molecule has 2 rings (SSSR count). The van der Waals surface area contributed by atoms with Gasteiger partial charge in [-0.3, -0.25) is 4.79 Å². The van der Waals surface area contributed by atoms with Gasteiger partial charge in [-0.25, -0.2) is 9.78 Å². The molecule has 1 aromatic rings. The van der Waals surface area contributed by atoms with Gasteiger partial charge in [0.2, 0.25) is 5.91 Å². The molecule has 0 aliphatic carbocycles. The summed E-state index contributed by atoms with van der Waals surface area (Å²) in [6, 6.07) is 0.